The van der Waals surface area contributed by atoms with E-state index < -0.39 is 22.1 Å². The smallest absolute Gasteiger partial charge is 0.435 e. The van der Waals surface area contributed by atoms with Crippen LogP contribution in [0.3, 0.4) is 0 Å². The molecule has 0 radical (unpaired) electrons. The third kappa shape index (κ3) is 4.37. The van der Waals surface area contributed by atoms with Crippen LogP contribution >= 0.6 is 0 Å². The summed E-state index contributed by atoms with van der Waals surface area (Å²) < 4.78 is 37.5. The Balaban J connectivity index is 1.20. The van der Waals surface area contributed by atoms with Crippen LogP contribution in [0, 0.1) is 0 Å². The third-order valence-corrected chi connectivity index (χ3v) is 7.73. The molecule has 0 saturated carbocycles. The van der Waals surface area contributed by atoms with Crippen LogP contribution in [0.15, 0.2) is 69.9 Å². The number of aliphatic hydroxyl groups excluding tert-OH is 1. The zero-order chi connectivity index (χ0) is 25.4. The van der Waals surface area contributed by atoms with Gasteiger partial charge in [0.2, 0.25) is 0 Å². The number of hydrogen-bond acceptors (Lipinski definition) is 7. The highest BCUT2D eigenvalue weighted by Crippen LogP contribution is 2.28. The molecule has 0 amide bonds. The minimum absolute atomic E-state index is 0.0703. The van der Waals surface area contributed by atoms with Crippen LogP contribution < -0.4 is 15.8 Å². The quantitative estimate of drug-likeness (QED) is 0.260. The van der Waals surface area contributed by atoms with Gasteiger partial charge in [0.05, 0.1) is 11.6 Å². The van der Waals surface area contributed by atoms with E-state index in [4.69, 9.17) is 9.15 Å². The number of H-pyrrole nitrogens is 1. The lowest BCUT2D eigenvalue weighted by molar-refractivity contribution is 0.172. The highest BCUT2D eigenvalue weighted by Gasteiger charge is 2.25. The minimum atomic E-state index is -4.08. The maximum absolute atomic E-state index is 12.5. The van der Waals surface area contributed by atoms with Crippen LogP contribution in [-0.4, -0.2) is 60.6 Å². The second-order valence-corrected chi connectivity index (χ2v) is 10.6. The molecule has 188 valence electrons. The number of nitrogens with one attached hydrogen (secondary N) is 2. The number of oxazole rings is 1. The average molecular weight is 511 g/mol. The second-order valence-electron chi connectivity index (χ2n) is 8.60. The standard InChI is InChI=1S/C25H26N4O6S/c1-28(2)36(32,33)29-22-13-16(7-10-24(22)35-25(29)31)23(30)15-26-11-12-34-17-8-9-19-18-5-3-4-6-20(18)27-21(19)14-17/h3-10,13-14,23,26-27,30H,11-12,15H2,1-2H3. The van der Waals surface area contributed by atoms with E-state index in [0.717, 1.165) is 26.5 Å². The van der Waals surface area contributed by atoms with Crippen LogP contribution in [0.5, 0.6) is 5.75 Å². The van der Waals surface area contributed by atoms with E-state index in [2.05, 4.69) is 16.4 Å². The molecule has 10 nitrogen and oxygen atoms in total. The van der Waals surface area contributed by atoms with Gasteiger partial charge in [0.25, 0.3) is 0 Å². The van der Waals surface area contributed by atoms with Gasteiger partial charge >= 0.3 is 16.0 Å². The number of aromatic nitrogens is 2. The highest BCUT2D eigenvalue weighted by molar-refractivity contribution is 7.87. The number of benzene rings is 3. The van der Waals surface area contributed by atoms with Gasteiger partial charge in [-0.2, -0.15) is 16.7 Å². The Morgan fingerprint density at radius 3 is 2.67 bits per heavy atom. The Hall–Kier alpha value is -3.64. The maximum Gasteiger partial charge on any atom is 0.435 e. The number of aliphatic hydroxyl groups is 1. The van der Waals surface area contributed by atoms with Crippen molar-refractivity contribution >= 4 is 43.1 Å². The first-order valence-electron chi connectivity index (χ1n) is 11.4. The van der Waals surface area contributed by atoms with Gasteiger partial charge in [0.1, 0.15) is 17.9 Å². The molecule has 5 aromatic rings. The predicted molar refractivity (Wildman–Crippen MR) is 138 cm³/mol. The Kier molecular flexibility index (Phi) is 6.31. The molecular weight excluding hydrogens is 484 g/mol. The molecule has 36 heavy (non-hydrogen) atoms. The highest BCUT2D eigenvalue weighted by atomic mass is 32.2. The first-order valence-corrected chi connectivity index (χ1v) is 12.8. The first kappa shape index (κ1) is 24.1. The van der Waals surface area contributed by atoms with E-state index in [1.54, 1.807) is 6.07 Å². The molecule has 0 aliphatic heterocycles. The lowest BCUT2D eigenvalue weighted by Crippen LogP contribution is -2.34. The third-order valence-electron chi connectivity index (χ3n) is 6.00. The van der Waals surface area contributed by atoms with Crippen molar-refractivity contribution in [2.45, 2.75) is 6.10 Å². The summed E-state index contributed by atoms with van der Waals surface area (Å²) in [5.41, 5.74) is 2.71. The second kappa shape index (κ2) is 9.43. The van der Waals surface area contributed by atoms with Gasteiger partial charge in [0.15, 0.2) is 5.58 Å². The molecule has 0 fully saturated rings. The number of nitrogens with zero attached hydrogens (tertiary/aromatic N) is 2. The fourth-order valence-corrected chi connectivity index (χ4v) is 5.07. The number of aromatic amines is 1. The first-order chi connectivity index (χ1) is 17.3. The number of ether oxygens (including phenoxy) is 1. The van der Waals surface area contributed by atoms with Crippen LogP contribution in [0.1, 0.15) is 11.7 Å². The van der Waals surface area contributed by atoms with Crippen molar-refractivity contribution in [3.05, 3.63) is 76.8 Å². The normalized spacial score (nSPS) is 13.2. The summed E-state index contributed by atoms with van der Waals surface area (Å²) in [6.45, 7) is 1.08. The largest absolute Gasteiger partial charge is 0.492 e. The molecule has 3 N–H and O–H groups in total. The molecule has 1 atom stereocenters. The minimum Gasteiger partial charge on any atom is -0.492 e. The number of para-hydroxylation sites is 1. The van der Waals surface area contributed by atoms with Crippen molar-refractivity contribution in [3.8, 4) is 5.75 Å². The van der Waals surface area contributed by atoms with Gasteiger partial charge in [-0.05, 0) is 35.9 Å². The summed E-state index contributed by atoms with van der Waals surface area (Å²) in [6, 6.07) is 18.6. The van der Waals surface area contributed by atoms with Crippen LogP contribution in [0.2, 0.25) is 0 Å². The molecule has 2 aromatic heterocycles. The molecule has 0 spiro atoms. The topological polar surface area (TPSA) is 130 Å². The van der Waals surface area contributed by atoms with Crippen molar-refractivity contribution in [1.82, 2.24) is 18.6 Å². The van der Waals surface area contributed by atoms with E-state index in [-0.39, 0.29) is 17.6 Å². The number of rotatable bonds is 9. The summed E-state index contributed by atoms with van der Waals surface area (Å²) in [7, 11) is -1.43. The van der Waals surface area contributed by atoms with Crippen molar-refractivity contribution in [1.29, 1.82) is 0 Å². The summed E-state index contributed by atoms with van der Waals surface area (Å²) in [6.07, 6.45) is -0.933. The molecule has 1 unspecified atom stereocenters. The Bertz CT molecular complexity index is 1720. The van der Waals surface area contributed by atoms with Crippen LogP contribution in [-0.2, 0) is 10.2 Å². The van der Waals surface area contributed by atoms with Gasteiger partial charge in [-0.15, -0.1) is 0 Å². The molecule has 0 aliphatic rings. The molecule has 2 heterocycles. The Labute approximate surface area is 206 Å². The SMILES string of the molecule is CN(C)S(=O)(=O)n1c(=O)oc2ccc(C(O)CNCCOc3ccc4c(c3)[nH]c3ccccc34)cc21. The van der Waals surface area contributed by atoms with Gasteiger partial charge in [-0.25, -0.2) is 4.79 Å². The van der Waals surface area contributed by atoms with Crippen LogP contribution in [0.25, 0.3) is 32.9 Å². The fraction of sp³-hybridized carbons (Fsp3) is 0.240. The van der Waals surface area contributed by atoms with Crippen LogP contribution in [0.4, 0.5) is 0 Å². The Morgan fingerprint density at radius 2 is 1.86 bits per heavy atom. The van der Waals surface area contributed by atoms with Gasteiger partial charge in [0, 0.05) is 49.5 Å². The zero-order valence-corrected chi connectivity index (χ0v) is 20.6. The van der Waals surface area contributed by atoms with Crippen molar-refractivity contribution in [2.75, 3.05) is 33.8 Å². The van der Waals surface area contributed by atoms with Crippen molar-refractivity contribution < 1.29 is 22.7 Å². The molecule has 5 rings (SSSR count). The fourth-order valence-electron chi connectivity index (χ4n) is 4.12. The van der Waals surface area contributed by atoms with E-state index in [1.165, 1.54) is 31.6 Å². The van der Waals surface area contributed by atoms with E-state index in [0.29, 0.717) is 22.7 Å². The predicted octanol–water partition coefficient (Wildman–Crippen LogP) is 2.59. The van der Waals surface area contributed by atoms with Crippen molar-refractivity contribution in [3.63, 3.8) is 0 Å². The van der Waals surface area contributed by atoms with Gasteiger partial charge in [-0.3, -0.25) is 0 Å². The summed E-state index contributed by atoms with van der Waals surface area (Å²) in [5, 5.41) is 16.0. The molecular formula is C25H26N4O6S. The lowest BCUT2D eigenvalue weighted by atomic mass is 10.1. The monoisotopic (exact) mass is 510 g/mol. The Morgan fingerprint density at radius 1 is 1.08 bits per heavy atom. The molecule has 0 saturated heterocycles. The summed E-state index contributed by atoms with van der Waals surface area (Å²) >= 11 is 0. The van der Waals surface area contributed by atoms with Crippen molar-refractivity contribution in [2.24, 2.45) is 0 Å². The molecule has 0 bridgehead atoms. The molecule has 11 heteroatoms. The van der Waals surface area contributed by atoms with E-state index in [9.17, 15) is 18.3 Å². The lowest BCUT2D eigenvalue weighted by Gasteiger charge is -2.14. The van der Waals surface area contributed by atoms with E-state index in [1.807, 2.05) is 36.4 Å². The average Bonchev–Trinajstić information content (AvgIpc) is 3.39. The van der Waals surface area contributed by atoms with Gasteiger partial charge < -0.3 is 24.6 Å². The number of hydrogen-bond donors (Lipinski definition) is 3. The zero-order valence-electron chi connectivity index (χ0n) is 19.8. The maximum atomic E-state index is 12.5. The van der Waals surface area contributed by atoms with Gasteiger partial charge in [-0.1, -0.05) is 24.3 Å². The molecule has 0 aliphatic carbocycles. The molecule has 3 aromatic carbocycles. The summed E-state index contributed by atoms with van der Waals surface area (Å²) in [4.78, 5) is 15.5. The van der Waals surface area contributed by atoms with E-state index >= 15 is 0 Å². The number of fused-ring (bicyclic) bond motifs is 4. The summed E-state index contributed by atoms with van der Waals surface area (Å²) in [5.74, 6) is -0.270.